The molecule has 0 saturated carbocycles. The van der Waals surface area contributed by atoms with Crippen LogP contribution in [0.25, 0.3) is 0 Å². The van der Waals surface area contributed by atoms with Crippen molar-refractivity contribution in [1.82, 2.24) is 0 Å². The van der Waals surface area contributed by atoms with Gasteiger partial charge < -0.3 is 15.7 Å². The van der Waals surface area contributed by atoms with Crippen molar-refractivity contribution >= 4 is 58.0 Å². The largest absolute Gasteiger partial charge is 0.508 e. The number of nitrogens with zero attached hydrogens (tertiary/aromatic N) is 1. The van der Waals surface area contributed by atoms with Crippen LogP contribution in [0.15, 0.2) is 77.8 Å². The van der Waals surface area contributed by atoms with Crippen LogP contribution >= 0.6 is 11.3 Å². The second-order valence-corrected chi connectivity index (χ2v) is 10.2. The minimum absolute atomic E-state index is 0.109. The zero-order valence-corrected chi connectivity index (χ0v) is 21.8. The van der Waals surface area contributed by atoms with E-state index in [0.29, 0.717) is 43.5 Å². The Morgan fingerprint density at radius 3 is 2.49 bits per heavy atom. The summed E-state index contributed by atoms with van der Waals surface area (Å²) >= 11 is 1.11. The number of aliphatic imine (C=N–C) groups is 1. The highest BCUT2D eigenvalue weighted by atomic mass is 32.1. The number of Topliss-reactive ketones (excluding diaryl/α,β-unsaturated/α-hetero) is 1. The zero-order chi connectivity index (χ0) is 27.7. The molecule has 1 aliphatic rings. The Bertz CT molecular complexity index is 1690. The molecular weight excluding hydrogens is 514 g/mol. The third-order valence-electron chi connectivity index (χ3n) is 6.32. The molecule has 1 unspecified atom stereocenters. The number of ketones is 2. The van der Waals surface area contributed by atoms with Gasteiger partial charge in [0, 0.05) is 34.8 Å². The summed E-state index contributed by atoms with van der Waals surface area (Å²) in [5.74, 6) is -1.52. The van der Waals surface area contributed by atoms with E-state index < -0.39 is 5.92 Å². The molecule has 3 aromatic carbocycles. The number of thiophene rings is 1. The number of benzene rings is 3. The molecule has 2 heterocycles. The molecule has 4 aromatic rings. The topological polar surface area (TPSA) is 125 Å². The molecule has 0 bridgehead atoms. The van der Waals surface area contributed by atoms with Crippen molar-refractivity contribution < 1.29 is 24.3 Å². The van der Waals surface area contributed by atoms with Crippen molar-refractivity contribution in [2.75, 3.05) is 10.6 Å². The van der Waals surface area contributed by atoms with Crippen LogP contribution in [0.5, 0.6) is 5.75 Å². The molecule has 194 valence electrons. The fraction of sp³-hybridized carbons (Fsp3) is 0.100. The van der Waals surface area contributed by atoms with Gasteiger partial charge >= 0.3 is 0 Å². The van der Waals surface area contributed by atoms with Crippen LogP contribution in [0.3, 0.4) is 0 Å². The number of nitrogens with one attached hydrogen (secondary N) is 2. The van der Waals surface area contributed by atoms with Crippen LogP contribution in [0.4, 0.5) is 17.1 Å². The molecule has 3 N–H and O–H groups in total. The van der Waals surface area contributed by atoms with Gasteiger partial charge in [-0.1, -0.05) is 30.3 Å². The molecule has 2 amide bonds. The van der Waals surface area contributed by atoms with Gasteiger partial charge in [0.15, 0.2) is 11.6 Å². The molecule has 1 aromatic heterocycles. The maximum Gasteiger partial charge on any atom is 0.265 e. The molecule has 1 atom stereocenters. The standard InChI is InChI=1S/C30H23N3O5S/c1-16-6-8-20(14-25(16)35)31-15-23-22-9-7-19(13-24(22)33-29(23)37)28(36)18-4-3-5-21(12-18)32-30(38)27-11-10-26(39-27)17(2)34/h3-15,23,35H,1-2H3,(H,32,38)(H,33,37). The Morgan fingerprint density at radius 1 is 0.974 bits per heavy atom. The Hall–Kier alpha value is -4.89. The third-order valence-corrected chi connectivity index (χ3v) is 7.50. The van der Waals surface area contributed by atoms with Crippen LogP contribution in [0.2, 0.25) is 0 Å². The minimum Gasteiger partial charge on any atom is -0.508 e. The Balaban J connectivity index is 1.32. The van der Waals surface area contributed by atoms with Crippen LogP contribution in [0.1, 0.15) is 59.2 Å². The average molecular weight is 538 g/mol. The first-order valence-electron chi connectivity index (χ1n) is 12.0. The second-order valence-electron chi connectivity index (χ2n) is 9.10. The van der Waals surface area contributed by atoms with E-state index >= 15 is 0 Å². The van der Waals surface area contributed by atoms with Gasteiger partial charge in [0.1, 0.15) is 11.7 Å². The molecule has 9 heteroatoms. The summed E-state index contributed by atoms with van der Waals surface area (Å²) in [6.07, 6.45) is 1.52. The van der Waals surface area contributed by atoms with Gasteiger partial charge in [-0.05, 0) is 61.4 Å². The van der Waals surface area contributed by atoms with Gasteiger partial charge in [0.05, 0.1) is 15.4 Å². The van der Waals surface area contributed by atoms with E-state index in [0.717, 1.165) is 16.9 Å². The molecule has 0 spiro atoms. The molecule has 0 saturated heterocycles. The number of amides is 2. The van der Waals surface area contributed by atoms with Gasteiger partial charge in [0.2, 0.25) is 5.91 Å². The highest BCUT2D eigenvalue weighted by Crippen LogP contribution is 2.34. The van der Waals surface area contributed by atoms with Crippen LogP contribution in [-0.2, 0) is 4.79 Å². The van der Waals surface area contributed by atoms with E-state index in [4.69, 9.17) is 0 Å². The SMILES string of the molecule is CC(=O)c1ccc(C(=O)Nc2cccc(C(=O)c3ccc4c(c3)NC(=O)C4C=Nc3ccc(C)c(O)c3)c2)s1. The fourth-order valence-corrected chi connectivity index (χ4v) is 4.96. The summed E-state index contributed by atoms with van der Waals surface area (Å²) in [5, 5.41) is 15.5. The smallest absolute Gasteiger partial charge is 0.265 e. The molecule has 8 nitrogen and oxygen atoms in total. The monoisotopic (exact) mass is 537 g/mol. The predicted octanol–water partition coefficient (Wildman–Crippen LogP) is 5.89. The highest BCUT2D eigenvalue weighted by Gasteiger charge is 2.30. The maximum atomic E-state index is 13.3. The van der Waals surface area contributed by atoms with Crippen LogP contribution in [-0.4, -0.2) is 34.7 Å². The van der Waals surface area contributed by atoms with E-state index in [-0.39, 0.29) is 29.1 Å². The Kier molecular flexibility index (Phi) is 6.91. The van der Waals surface area contributed by atoms with Crippen LogP contribution < -0.4 is 10.6 Å². The van der Waals surface area contributed by atoms with Gasteiger partial charge in [-0.15, -0.1) is 11.3 Å². The maximum absolute atomic E-state index is 13.3. The van der Waals surface area contributed by atoms with Gasteiger partial charge in [-0.2, -0.15) is 0 Å². The van der Waals surface area contributed by atoms with E-state index in [9.17, 15) is 24.3 Å². The highest BCUT2D eigenvalue weighted by molar-refractivity contribution is 7.16. The lowest BCUT2D eigenvalue weighted by Gasteiger charge is -2.08. The number of aromatic hydroxyl groups is 1. The number of carbonyl (C=O) groups is 4. The first kappa shape index (κ1) is 25.7. The summed E-state index contributed by atoms with van der Waals surface area (Å²) in [7, 11) is 0. The summed E-state index contributed by atoms with van der Waals surface area (Å²) in [5.41, 5.74) is 3.66. The van der Waals surface area contributed by atoms with E-state index in [1.54, 1.807) is 73.7 Å². The number of aryl methyl sites for hydroxylation is 1. The summed E-state index contributed by atoms with van der Waals surface area (Å²) in [6, 6.07) is 19.8. The normalized spacial score (nSPS) is 14.2. The van der Waals surface area contributed by atoms with E-state index in [1.165, 1.54) is 19.2 Å². The molecule has 0 radical (unpaired) electrons. The number of hydrogen-bond acceptors (Lipinski definition) is 7. The van der Waals surface area contributed by atoms with Gasteiger partial charge in [-0.3, -0.25) is 24.2 Å². The number of carbonyl (C=O) groups excluding carboxylic acids is 4. The lowest BCUT2D eigenvalue weighted by atomic mass is 9.97. The van der Waals surface area contributed by atoms with Gasteiger partial charge in [0.25, 0.3) is 5.91 Å². The Morgan fingerprint density at radius 2 is 1.74 bits per heavy atom. The van der Waals surface area contributed by atoms with Gasteiger partial charge in [-0.25, -0.2) is 0 Å². The summed E-state index contributed by atoms with van der Waals surface area (Å²) in [6.45, 7) is 3.23. The fourth-order valence-electron chi connectivity index (χ4n) is 4.16. The van der Waals surface area contributed by atoms with Crippen molar-refractivity contribution in [3.8, 4) is 5.75 Å². The lowest BCUT2D eigenvalue weighted by molar-refractivity contribution is -0.115. The quantitative estimate of drug-likeness (QED) is 0.200. The van der Waals surface area contributed by atoms with Crippen molar-refractivity contribution in [2.45, 2.75) is 19.8 Å². The lowest BCUT2D eigenvalue weighted by Crippen LogP contribution is -2.12. The summed E-state index contributed by atoms with van der Waals surface area (Å²) < 4.78 is 0. The molecule has 1 aliphatic heterocycles. The van der Waals surface area contributed by atoms with E-state index in [2.05, 4.69) is 15.6 Å². The minimum atomic E-state index is -0.632. The molecule has 0 fully saturated rings. The van der Waals surface area contributed by atoms with Crippen LogP contribution in [0, 0.1) is 6.92 Å². The number of fused-ring (bicyclic) bond motifs is 1. The average Bonchev–Trinajstić information content (AvgIpc) is 3.53. The molecule has 0 aliphatic carbocycles. The molecule has 5 rings (SSSR count). The first-order valence-corrected chi connectivity index (χ1v) is 12.9. The number of anilines is 2. The number of phenolic OH excluding ortho intramolecular Hbond substituents is 1. The molecule has 39 heavy (non-hydrogen) atoms. The second kappa shape index (κ2) is 10.5. The van der Waals surface area contributed by atoms with Crippen molar-refractivity contribution in [1.29, 1.82) is 0 Å². The molecular formula is C30H23N3O5S. The number of rotatable bonds is 7. The number of hydrogen-bond donors (Lipinski definition) is 3. The number of phenols is 1. The third kappa shape index (κ3) is 5.39. The first-order chi connectivity index (χ1) is 18.7. The van der Waals surface area contributed by atoms with Crippen molar-refractivity contribution in [3.05, 3.63) is 105 Å². The Labute approximate surface area is 228 Å². The van der Waals surface area contributed by atoms with Crippen molar-refractivity contribution in [2.24, 2.45) is 4.99 Å². The van der Waals surface area contributed by atoms with E-state index in [1.807, 2.05) is 0 Å². The zero-order valence-electron chi connectivity index (χ0n) is 21.0. The summed E-state index contributed by atoms with van der Waals surface area (Å²) in [4.78, 5) is 55.2. The predicted molar refractivity (Wildman–Crippen MR) is 151 cm³/mol. The van der Waals surface area contributed by atoms with Crippen molar-refractivity contribution in [3.63, 3.8) is 0 Å².